The first-order chi connectivity index (χ1) is 7.58. The van der Waals surface area contributed by atoms with Crippen LogP contribution in [0.1, 0.15) is 16.1 Å². The van der Waals surface area contributed by atoms with Gasteiger partial charge in [0.15, 0.2) is 0 Å². The molecule has 0 spiro atoms. The predicted octanol–water partition coefficient (Wildman–Crippen LogP) is 1.43. The average Bonchev–Trinajstić information content (AvgIpc) is 2.64. The summed E-state index contributed by atoms with van der Waals surface area (Å²) in [5.74, 6) is -0.695. The predicted molar refractivity (Wildman–Crippen MR) is 58.6 cm³/mol. The van der Waals surface area contributed by atoms with Gasteiger partial charge in [-0.15, -0.1) is 0 Å². The SMILES string of the molecule is Cc1nc(-n2cc(Br)cn2)ncc1C(=O)O. The van der Waals surface area contributed by atoms with Gasteiger partial charge in [0, 0.05) is 12.4 Å². The Morgan fingerprint density at radius 2 is 2.25 bits per heavy atom. The van der Waals surface area contributed by atoms with Crippen LogP contribution >= 0.6 is 15.9 Å². The Hall–Kier alpha value is -1.76. The van der Waals surface area contributed by atoms with Gasteiger partial charge in [0.2, 0.25) is 0 Å². The van der Waals surface area contributed by atoms with Crippen LogP contribution < -0.4 is 0 Å². The van der Waals surface area contributed by atoms with E-state index < -0.39 is 5.97 Å². The van der Waals surface area contributed by atoms with Gasteiger partial charge in [-0.05, 0) is 22.9 Å². The molecule has 7 heteroatoms. The molecule has 0 radical (unpaired) electrons. The van der Waals surface area contributed by atoms with Crippen LogP contribution in [0.15, 0.2) is 23.1 Å². The molecule has 0 aliphatic carbocycles. The maximum atomic E-state index is 10.8. The zero-order chi connectivity index (χ0) is 11.7. The van der Waals surface area contributed by atoms with Crippen molar-refractivity contribution in [1.29, 1.82) is 0 Å². The second kappa shape index (κ2) is 4.01. The third-order valence-electron chi connectivity index (χ3n) is 1.95. The van der Waals surface area contributed by atoms with E-state index in [1.165, 1.54) is 10.9 Å². The molecule has 1 N–H and O–H groups in total. The van der Waals surface area contributed by atoms with Crippen molar-refractivity contribution in [3.05, 3.63) is 34.3 Å². The number of nitrogens with zero attached hydrogens (tertiary/aromatic N) is 4. The molecule has 6 nitrogen and oxygen atoms in total. The van der Waals surface area contributed by atoms with Gasteiger partial charge >= 0.3 is 5.97 Å². The molecule has 2 aromatic rings. The summed E-state index contributed by atoms with van der Waals surface area (Å²) in [6.45, 7) is 1.62. The van der Waals surface area contributed by atoms with Gasteiger partial charge in [0.05, 0.1) is 21.9 Å². The maximum Gasteiger partial charge on any atom is 0.339 e. The van der Waals surface area contributed by atoms with Crippen LogP contribution in [0.25, 0.3) is 5.95 Å². The quantitative estimate of drug-likeness (QED) is 0.901. The van der Waals surface area contributed by atoms with Gasteiger partial charge in [-0.3, -0.25) is 0 Å². The van der Waals surface area contributed by atoms with Gasteiger partial charge in [0.1, 0.15) is 0 Å². The first-order valence-corrected chi connectivity index (χ1v) is 5.14. The lowest BCUT2D eigenvalue weighted by Gasteiger charge is -2.02. The molecule has 16 heavy (non-hydrogen) atoms. The Labute approximate surface area is 99.1 Å². The average molecular weight is 283 g/mol. The topological polar surface area (TPSA) is 80.9 Å². The summed E-state index contributed by atoms with van der Waals surface area (Å²) in [5.41, 5.74) is 0.499. The summed E-state index contributed by atoms with van der Waals surface area (Å²) >= 11 is 3.25. The molecule has 2 aromatic heterocycles. The number of halogens is 1. The Bertz CT molecular complexity index is 552. The van der Waals surface area contributed by atoms with Gasteiger partial charge in [-0.2, -0.15) is 5.10 Å². The van der Waals surface area contributed by atoms with Crippen molar-refractivity contribution in [2.75, 3.05) is 0 Å². The van der Waals surface area contributed by atoms with E-state index in [0.717, 1.165) is 4.47 Å². The highest BCUT2D eigenvalue weighted by Gasteiger charge is 2.11. The molecule has 82 valence electrons. The van der Waals surface area contributed by atoms with Crippen LogP contribution in [-0.2, 0) is 0 Å². The lowest BCUT2D eigenvalue weighted by Crippen LogP contribution is -2.08. The highest BCUT2D eigenvalue weighted by molar-refractivity contribution is 9.10. The van der Waals surface area contributed by atoms with Crippen LogP contribution in [0.5, 0.6) is 0 Å². The van der Waals surface area contributed by atoms with Crippen LogP contribution in [0.4, 0.5) is 0 Å². The summed E-state index contributed by atoms with van der Waals surface area (Å²) in [4.78, 5) is 18.8. The van der Waals surface area contributed by atoms with Crippen molar-refractivity contribution in [2.45, 2.75) is 6.92 Å². The number of carbonyl (C=O) groups is 1. The van der Waals surface area contributed by atoms with E-state index in [1.807, 2.05) is 0 Å². The van der Waals surface area contributed by atoms with Crippen LogP contribution in [0.3, 0.4) is 0 Å². The van der Waals surface area contributed by atoms with Crippen molar-refractivity contribution in [2.24, 2.45) is 0 Å². The molecular formula is C9H7BrN4O2. The Morgan fingerprint density at radius 3 is 2.75 bits per heavy atom. The Kier molecular flexibility index (Phi) is 2.69. The number of aryl methyl sites for hydroxylation is 1. The monoisotopic (exact) mass is 282 g/mol. The van der Waals surface area contributed by atoms with Crippen LogP contribution in [-0.4, -0.2) is 30.8 Å². The number of carboxylic acids is 1. The lowest BCUT2D eigenvalue weighted by atomic mass is 10.2. The summed E-state index contributed by atoms with van der Waals surface area (Å²) in [5, 5.41) is 12.8. The zero-order valence-electron chi connectivity index (χ0n) is 8.25. The molecule has 0 aliphatic rings. The molecule has 0 bridgehead atoms. The summed E-state index contributed by atoms with van der Waals surface area (Å²) in [6, 6.07) is 0. The molecule has 0 amide bonds. The molecule has 0 saturated heterocycles. The zero-order valence-corrected chi connectivity index (χ0v) is 9.84. The molecule has 2 heterocycles. The maximum absolute atomic E-state index is 10.8. The van der Waals surface area contributed by atoms with E-state index in [1.54, 1.807) is 19.3 Å². The van der Waals surface area contributed by atoms with E-state index in [0.29, 0.717) is 11.6 Å². The van der Waals surface area contributed by atoms with Gasteiger partial charge in [-0.25, -0.2) is 19.4 Å². The van der Waals surface area contributed by atoms with Crippen LogP contribution in [0.2, 0.25) is 0 Å². The van der Waals surface area contributed by atoms with Crippen molar-refractivity contribution in [3.63, 3.8) is 0 Å². The number of hydrogen-bond donors (Lipinski definition) is 1. The standard InChI is InChI=1S/C9H7BrN4O2/c1-5-7(8(15)16)3-11-9(13-5)14-4-6(10)2-12-14/h2-4H,1H3,(H,15,16). The Balaban J connectivity index is 2.45. The van der Waals surface area contributed by atoms with Crippen molar-refractivity contribution >= 4 is 21.9 Å². The normalized spacial score (nSPS) is 10.4. The van der Waals surface area contributed by atoms with Gasteiger partial charge < -0.3 is 5.11 Å². The summed E-state index contributed by atoms with van der Waals surface area (Å²) in [7, 11) is 0. The number of aromatic nitrogens is 4. The Morgan fingerprint density at radius 1 is 1.50 bits per heavy atom. The van der Waals surface area contributed by atoms with E-state index in [-0.39, 0.29) is 5.56 Å². The fourth-order valence-electron chi connectivity index (χ4n) is 1.19. The first-order valence-electron chi connectivity index (χ1n) is 4.35. The third-order valence-corrected chi connectivity index (χ3v) is 2.36. The minimum absolute atomic E-state index is 0.0926. The molecule has 0 atom stereocenters. The first kappa shape index (κ1) is 10.7. The lowest BCUT2D eigenvalue weighted by molar-refractivity contribution is 0.0695. The largest absolute Gasteiger partial charge is 0.478 e. The summed E-state index contributed by atoms with van der Waals surface area (Å²) in [6.07, 6.45) is 4.56. The minimum Gasteiger partial charge on any atom is -0.478 e. The van der Waals surface area contributed by atoms with Crippen molar-refractivity contribution in [1.82, 2.24) is 19.7 Å². The van der Waals surface area contributed by atoms with Gasteiger partial charge in [0.25, 0.3) is 5.95 Å². The van der Waals surface area contributed by atoms with E-state index in [2.05, 4.69) is 31.0 Å². The fraction of sp³-hybridized carbons (Fsp3) is 0.111. The molecule has 0 aliphatic heterocycles. The molecule has 0 unspecified atom stereocenters. The third kappa shape index (κ3) is 1.94. The molecule has 0 aromatic carbocycles. The molecular weight excluding hydrogens is 276 g/mol. The van der Waals surface area contributed by atoms with Crippen molar-refractivity contribution < 1.29 is 9.90 Å². The minimum atomic E-state index is -1.04. The van der Waals surface area contributed by atoms with E-state index in [9.17, 15) is 4.79 Å². The second-order valence-corrected chi connectivity index (χ2v) is 3.99. The number of aromatic carboxylic acids is 1. The van der Waals surface area contributed by atoms with E-state index >= 15 is 0 Å². The number of rotatable bonds is 2. The van der Waals surface area contributed by atoms with E-state index in [4.69, 9.17) is 5.11 Å². The molecule has 0 saturated carbocycles. The number of carboxylic acid groups (broad SMARTS) is 1. The van der Waals surface area contributed by atoms with Crippen molar-refractivity contribution in [3.8, 4) is 5.95 Å². The highest BCUT2D eigenvalue weighted by Crippen LogP contribution is 2.11. The molecule has 0 fully saturated rings. The fourth-order valence-corrected chi connectivity index (χ4v) is 1.47. The highest BCUT2D eigenvalue weighted by atomic mass is 79.9. The molecule has 2 rings (SSSR count). The van der Waals surface area contributed by atoms with Crippen LogP contribution in [0, 0.1) is 6.92 Å². The summed E-state index contributed by atoms with van der Waals surface area (Å²) < 4.78 is 2.26. The smallest absolute Gasteiger partial charge is 0.339 e. The number of hydrogen-bond acceptors (Lipinski definition) is 4. The van der Waals surface area contributed by atoms with Gasteiger partial charge in [-0.1, -0.05) is 0 Å². The second-order valence-electron chi connectivity index (χ2n) is 3.08.